The largest absolute Gasteiger partial charge is 0.404 e. The maximum Gasteiger partial charge on any atom is 0.173 e. The van der Waals surface area contributed by atoms with E-state index in [1.54, 1.807) is 0 Å². The third kappa shape index (κ3) is 4.09. The highest BCUT2D eigenvalue weighted by Crippen LogP contribution is 2.59. The summed E-state index contributed by atoms with van der Waals surface area (Å²) in [6, 6.07) is 0. The van der Waals surface area contributed by atoms with Crippen LogP contribution in [0, 0.1) is 35.0 Å². The summed E-state index contributed by atoms with van der Waals surface area (Å²) in [5, 5.41) is 10.8. The van der Waals surface area contributed by atoms with E-state index < -0.39 is 20.4 Å². The second-order valence-electron chi connectivity index (χ2n) is 10.3. The zero-order valence-corrected chi connectivity index (χ0v) is 19.9. The summed E-state index contributed by atoms with van der Waals surface area (Å²) >= 11 is 0. The van der Waals surface area contributed by atoms with E-state index in [0.717, 1.165) is 25.7 Å². The van der Waals surface area contributed by atoms with Crippen LogP contribution in [-0.4, -0.2) is 44.9 Å². The molecule has 1 saturated heterocycles. The molecule has 5 unspecified atom stereocenters. The zero-order valence-electron chi connectivity index (χ0n) is 18.7. The van der Waals surface area contributed by atoms with Crippen molar-refractivity contribution in [3.8, 4) is 11.8 Å². The summed E-state index contributed by atoms with van der Waals surface area (Å²) in [4.78, 5) is 0. The highest BCUT2D eigenvalue weighted by Gasteiger charge is 2.64. The predicted octanol–water partition coefficient (Wildman–Crippen LogP) is 4.12. The summed E-state index contributed by atoms with van der Waals surface area (Å²) < 4.78 is 18.5. The van der Waals surface area contributed by atoms with Gasteiger partial charge >= 0.3 is 0 Å². The first-order valence-corrected chi connectivity index (χ1v) is 14.1. The molecule has 0 aromatic rings. The molecule has 0 aromatic heterocycles. The molecule has 1 N–H and O–H groups in total. The molecule has 3 rings (SSSR count). The van der Waals surface area contributed by atoms with Gasteiger partial charge in [-0.15, -0.1) is 0 Å². The Labute approximate surface area is 173 Å². The number of aliphatic hydroxyl groups excluding tert-OH is 1. The predicted molar refractivity (Wildman–Crippen MR) is 114 cm³/mol. The topological polar surface area (TPSA) is 47.9 Å². The van der Waals surface area contributed by atoms with Crippen LogP contribution in [0.1, 0.15) is 66.2 Å². The summed E-state index contributed by atoms with van der Waals surface area (Å²) in [6.45, 7) is 14.8. The lowest BCUT2D eigenvalue weighted by Crippen LogP contribution is -2.54. The molecule has 2 saturated carbocycles. The van der Waals surface area contributed by atoms with Crippen molar-refractivity contribution in [1.82, 2.24) is 0 Å². The van der Waals surface area contributed by atoms with Crippen molar-refractivity contribution in [2.24, 2.45) is 23.2 Å². The van der Waals surface area contributed by atoms with Crippen LogP contribution in [0.2, 0.25) is 13.1 Å². The molecule has 0 bridgehead atoms. The van der Waals surface area contributed by atoms with Crippen molar-refractivity contribution >= 4 is 9.04 Å². The van der Waals surface area contributed by atoms with Gasteiger partial charge < -0.3 is 19.0 Å². The molecular formula is C23H40O4Si. The lowest BCUT2D eigenvalue weighted by atomic mass is 9.67. The molecule has 0 radical (unpaired) electrons. The normalized spacial score (nSPS) is 33.3. The van der Waals surface area contributed by atoms with Gasteiger partial charge in [0.2, 0.25) is 0 Å². The lowest BCUT2D eigenvalue weighted by molar-refractivity contribution is -0.270. The van der Waals surface area contributed by atoms with E-state index >= 15 is 0 Å². The Hall–Kier alpha value is -0.383. The van der Waals surface area contributed by atoms with Gasteiger partial charge in [0, 0.05) is 23.7 Å². The van der Waals surface area contributed by atoms with Crippen LogP contribution in [0.3, 0.4) is 0 Å². The molecule has 1 heterocycles. The summed E-state index contributed by atoms with van der Waals surface area (Å²) in [6.07, 6.45) is 5.72. The minimum atomic E-state index is -1.27. The SMILES string of the molecule is CCCCCC(C#CC1C(O)CC2C1CC21OCCO1)(O[SiH](C)C)C(C)(C)C. The van der Waals surface area contributed by atoms with Crippen LogP contribution in [-0.2, 0) is 13.9 Å². The van der Waals surface area contributed by atoms with Gasteiger partial charge in [0.05, 0.1) is 19.3 Å². The van der Waals surface area contributed by atoms with Crippen LogP contribution in [0.4, 0.5) is 0 Å². The number of unbranched alkanes of at least 4 members (excludes halogenated alkanes) is 2. The Morgan fingerprint density at radius 3 is 2.43 bits per heavy atom. The Morgan fingerprint density at radius 1 is 1.18 bits per heavy atom. The van der Waals surface area contributed by atoms with Crippen molar-refractivity contribution in [1.29, 1.82) is 0 Å². The van der Waals surface area contributed by atoms with Crippen molar-refractivity contribution in [2.75, 3.05) is 13.2 Å². The van der Waals surface area contributed by atoms with Crippen LogP contribution in [0.15, 0.2) is 0 Å². The van der Waals surface area contributed by atoms with Gasteiger partial charge in [-0.05, 0) is 38.3 Å². The first-order chi connectivity index (χ1) is 13.1. The van der Waals surface area contributed by atoms with E-state index in [9.17, 15) is 5.11 Å². The van der Waals surface area contributed by atoms with Gasteiger partial charge in [0.25, 0.3) is 0 Å². The quantitative estimate of drug-likeness (QED) is 0.408. The van der Waals surface area contributed by atoms with Crippen LogP contribution in [0.25, 0.3) is 0 Å². The van der Waals surface area contributed by atoms with Crippen molar-refractivity contribution in [2.45, 2.75) is 96.8 Å². The fourth-order valence-electron chi connectivity index (χ4n) is 5.33. The smallest absolute Gasteiger partial charge is 0.173 e. The molecule has 5 heteroatoms. The number of fused-ring (bicyclic) bond motifs is 2. The van der Waals surface area contributed by atoms with Crippen LogP contribution in [0.5, 0.6) is 0 Å². The molecule has 0 amide bonds. The Bertz CT molecular complexity index is 596. The number of aliphatic hydroxyl groups is 1. The van der Waals surface area contributed by atoms with Crippen molar-refractivity contribution in [3.05, 3.63) is 0 Å². The van der Waals surface area contributed by atoms with Crippen molar-refractivity contribution in [3.63, 3.8) is 0 Å². The van der Waals surface area contributed by atoms with Crippen molar-refractivity contribution < 1.29 is 19.0 Å². The Balaban J connectivity index is 1.82. The molecule has 4 nitrogen and oxygen atoms in total. The van der Waals surface area contributed by atoms with E-state index in [-0.39, 0.29) is 23.4 Å². The molecule has 3 fully saturated rings. The average Bonchev–Trinajstić information content (AvgIpc) is 3.17. The van der Waals surface area contributed by atoms with Gasteiger partial charge in [-0.25, -0.2) is 0 Å². The monoisotopic (exact) mass is 408 g/mol. The maximum absolute atomic E-state index is 10.8. The summed E-state index contributed by atoms with van der Waals surface area (Å²) in [5.74, 6) is 7.40. The zero-order chi connectivity index (χ0) is 20.6. The molecule has 28 heavy (non-hydrogen) atoms. The molecule has 1 spiro atoms. The van der Waals surface area contributed by atoms with Gasteiger partial charge in [-0.1, -0.05) is 52.4 Å². The van der Waals surface area contributed by atoms with E-state index in [0.29, 0.717) is 19.1 Å². The van der Waals surface area contributed by atoms with E-state index in [1.165, 1.54) is 12.8 Å². The number of rotatable bonds is 6. The molecule has 5 atom stereocenters. The number of hydrogen-bond donors (Lipinski definition) is 1. The van der Waals surface area contributed by atoms with Gasteiger partial charge in [-0.3, -0.25) is 0 Å². The fraction of sp³-hybridized carbons (Fsp3) is 0.913. The molecule has 2 aliphatic carbocycles. The lowest BCUT2D eigenvalue weighted by Gasteiger charge is -2.48. The van der Waals surface area contributed by atoms with Crippen LogP contribution >= 0.6 is 0 Å². The van der Waals surface area contributed by atoms with Gasteiger partial charge in [-0.2, -0.15) is 0 Å². The second kappa shape index (κ2) is 8.39. The number of ether oxygens (including phenoxy) is 2. The average molecular weight is 409 g/mol. The standard InChI is InChI=1S/C23H40O4Si/c1-7-8-9-11-22(21(2,3)4,27-28(5)6)12-10-17-18-16-23(25-13-14-26-23)19(18)15-20(17)24/h17-20,24,28H,7-9,11,13-16H2,1-6H3. The molecule has 0 aromatic carbocycles. The van der Waals surface area contributed by atoms with E-state index in [2.05, 4.69) is 52.6 Å². The third-order valence-electron chi connectivity index (χ3n) is 6.97. The second-order valence-corrected chi connectivity index (χ2v) is 12.6. The molecule has 3 aliphatic rings. The molecule has 160 valence electrons. The van der Waals surface area contributed by atoms with Gasteiger partial charge in [0.15, 0.2) is 14.8 Å². The van der Waals surface area contributed by atoms with Gasteiger partial charge in [0.1, 0.15) is 5.60 Å². The highest BCUT2D eigenvalue weighted by molar-refractivity contribution is 6.48. The maximum atomic E-state index is 10.8. The Morgan fingerprint density at radius 2 is 1.86 bits per heavy atom. The summed E-state index contributed by atoms with van der Waals surface area (Å²) in [7, 11) is -1.27. The molecule has 1 aliphatic heterocycles. The fourth-order valence-corrected chi connectivity index (χ4v) is 6.67. The van der Waals surface area contributed by atoms with E-state index in [4.69, 9.17) is 13.9 Å². The number of hydrogen-bond acceptors (Lipinski definition) is 4. The minimum Gasteiger partial charge on any atom is -0.404 e. The summed E-state index contributed by atoms with van der Waals surface area (Å²) in [5.41, 5.74) is -0.491. The third-order valence-corrected chi connectivity index (χ3v) is 7.84. The minimum absolute atomic E-state index is 0.00811. The molecular weight excluding hydrogens is 368 g/mol. The first-order valence-electron chi connectivity index (χ1n) is 11.3. The van der Waals surface area contributed by atoms with E-state index in [1.807, 2.05) is 0 Å². The first kappa shape index (κ1) is 22.3. The highest BCUT2D eigenvalue weighted by atomic mass is 28.3. The van der Waals surface area contributed by atoms with Crippen LogP contribution < -0.4 is 0 Å². The Kier molecular flexibility index (Phi) is 6.69.